The number of nitrogens with zero attached hydrogens (tertiary/aromatic N) is 2. The van der Waals surface area contributed by atoms with Crippen molar-refractivity contribution in [2.24, 2.45) is 0 Å². The molecule has 2 N–H and O–H groups in total. The Morgan fingerprint density at radius 1 is 1.10 bits per heavy atom. The number of benzene rings is 2. The summed E-state index contributed by atoms with van der Waals surface area (Å²) in [6.07, 6.45) is -5.09. The minimum absolute atomic E-state index is 0. The van der Waals surface area contributed by atoms with Crippen LogP contribution in [-0.4, -0.2) is 47.2 Å². The molecule has 0 bridgehead atoms. The summed E-state index contributed by atoms with van der Waals surface area (Å²) in [6.45, 7) is 4.37. The van der Waals surface area contributed by atoms with Gasteiger partial charge in [0.05, 0.1) is 21.9 Å². The van der Waals surface area contributed by atoms with E-state index in [0.29, 0.717) is 31.9 Å². The minimum Gasteiger partial charge on any atom is -0.387 e. The van der Waals surface area contributed by atoms with Gasteiger partial charge in [0.2, 0.25) is 0 Å². The van der Waals surface area contributed by atoms with E-state index in [2.05, 4.69) is 9.88 Å². The molecule has 0 saturated carbocycles. The summed E-state index contributed by atoms with van der Waals surface area (Å²) >= 11 is 1.11. The Morgan fingerprint density at radius 3 is 2.48 bits per heavy atom. The molecule has 31 heavy (non-hydrogen) atoms. The molecule has 0 aliphatic carbocycles. The number of aliphatic hydroxyl groups is 1. The zero-order chi connectivity index (χ0) is 21.5. The fraction of sp³-hybridized carbons (Fsp3) is 0.381. The van der Waals surface area contributed by atoms with Gasteiger partial charge in [-0.25, -0.2) is 0 Å². The van der Waals surface area contributed by atoms with E-state index in [1.807, 2.05) is 24.0 Å². The van der Waals surface area contributed by atoms with Gasteiger partial charge in [0.15, 0.2) is 0 Å². The lowest BCUT2D eigenvalue weighted by Gasteiger charge is -2.40. The van der Waals surface area contributed by atoms with E-state index in [9.17, 15) is 23.1 Å². The molecule has 0 radical (unpaired) electrons. The van der Waals surface area contributed by atoms with E-state index < -0.39 is 17.8 Å². The van der Waals surface area contributed by atoms with E-state index in [1.54, 1.807) is 12.1 Å². The summed E-state index contributed by atoms with van der Waals surface area (Å²) in [5.74, 6) is 0. The smallest absolute Gasteiger partial charge is 0.387 e. The highest BCUT2D eigenvalue weighted by atomic mass is 35.5. The molecule has 2 atom stereocenters. The van der Waals surface area contributed by atoms with Crippen LogP contribution in [0.25, 0.3) is 10.2 Å². The number of H-pyrrole nitrogens is 1. The quantitative estimate of drug-likeness (QED) is 0.594. The van der Waals surface area contributed by atoms with Crippen LogP contribution in [0.4, 0.5) is 18.9 Å². The van der Waals surface area contributed by atoms with Crippen molar-refractivity contribution < 1.29 is 18.3 Å². The molecule has 0 amide bonds. The van der Waals surface area contributed by atoms with Crippen LogP contribution in [0.2, 0.25) is 0 Å². The van der Waals surface area contributed by atoms with Crippen LogP contribution in [0, 0.1) is 0 Å². The van der Waals surface area contributed by atoms with Gasteiger partial charge in [0.25, 0.3) is 0 Å². The molecule has 1 saturated heterocycles. The lowest BCUT2D eigenvalue weighted by atomic mass is 10.0. The van der Waals surface area contributed by atoms with Crippen LogP contribution < -0.4 is 9.77 Å². The molecule has 1 aliphatic rings. The average Bonchev–Trinajstić information content (AvgIpc) is 3.11. The van der Waals surface area contributed by atoms with Crippen LogP contribution in [0.5, 0.6) is 0 Å². The maximum Gasteiger partial charge on any atom is 0.416 e. The first-order valence-electron chi connectivity index (χ1n) is 9.69. The van der Waals surface area contributed by atoms with Crippen molar-refractivity contribution in [2.45, 2.75) is 25.2 Å². The Balaban J connectivity index is 0.00000272. The van der Waals surface area contributed by atoms with Crippen molar-refractivity contribution in [3.8, 4) is 0 Å². The normalized spacial score (nSPS) is 17.4. The number of hydrogen-bond donors (Lipinski definition) is 2. The summed E-state index contributed by atoms with van der Waals surface area (Å²) in [5.41, 5.74) is 1.41. The number of anilines is 1. The Hall–Kier alpha value is -2.07. The Bertz CT molecular complexity index is 1090. The van der Waals surface area contributed by atoms with Crippen molar-refractivity contribution in [3.63, 3.8) is 0 Å². The molecule has 2 heterocycles. The molecule has 0 spiro atoms. The Labute approximate surface area is 187 Å². The number of alkyl halides is 3. The van der Waals surface area contributed by atoms with Gasteiger partial charge >= 0.3 is 11.0 Å². The van der Waals surface area contributed by atoms with E-state index in [-0.39, 0.29) is 23.3 Å². The number of rotatable bonds is 4. The van der Waals surface area contributed by atoms with E-state index >= 15 is 0 Å². The highest BCUT2D eigenvalue weighted by Crippen LogP contribution is 2.32. The second-order valence-corrected chi connectivity index (χ2v) is 8.54. The number of nitrogens with one attached hydrogen (secondary N) is 1. The molecule has 1 aromatic heterocycles. The van der Waals surface area contributed by atoms with E-state index in [1.165, 1.54) is 12.1 Å². The summed E-state index contributed by atoms with van der Waals surface area (Å²) in [7, 11) is 0. The lowest BCUT2D eigenvalue weighted by Crippen LogP contribution is -2.51. The minimum atomic E-state index is -4.36. The topological polar surface area (TPSA) is 59.6 Å². The molecule has 2 aromatic carbocycles. The molecule has 3 aromatic rings. The molecule has 168 valence electrons. The molecular weight excluding hydrogens is 451 g/mol. The van der Waals surface area contributed by atoms with Gasteiger partial charge in [-0.05, 0) is 42.8 Å². The molecular formula is C21H23ClF3N3O2S. The number of thiazole rings is 1. The first kappa shape index (κ1) is 23.6. The van der Waals surface area contributed by atoms with Gasteiger partial charge in [0, 0.05) is 37.9 Å². The fourth-order valence-electron chi connectivity index (χ4n) is 3.89. The standard InChI is InChI=1S/C21H22F3N3O2S.ClH/c1-13(19(28)14-5-6-17-18(11-14)30-20(29)25-17)26-7-9-27(10-8-26)16-4-2-3-15(12-16)21(22,23)24;/h2-6,11-13,19,28H,7-10H2,1H3,(H,25,29);1H. The number of piperazine rings is 1. The number of halogens is 4. The second-order valence-electron chi connectivity index (χ2n) is 7.53. The third kappa shape index (κ3) is 5.06. The first-order chi connectivity index (χ1) is 14.2. The highest BCUT2D eigenvalue weighted by Gasteiger charge is 2.32. The predicted octanol–water partition coefficient (Wildman–Crippen LogP) is 4.27. The summed E-state index contributed by atoms with van der Waals surface area (Å²) in [4.78, 5) is 18.2. The first-order valence-corrected chi connectivity index (χ1v) is 10.5. The third-order valence-electron chi connectivity index (χ3n) is 5.67. The number of hydrogen-bond acceptors (Lipinski definition) is 5. The molecule has 1 fully saturated rings. The SMILES string of the molecule is CC(C(O)c1ccc2[nH]c(=O)sc2c1)N1CCN(c2cccc(C(F)(F)F)c2)CC1.Cl. The third-order valence-corrected chi connectivity index (χ3v) is 6.52. The monoisotopic (exact) mass is 473 g/mol. The van der Waals surface area contributed by atoms with Crippen LogP contribution in [0.3, 0.4) is 0 Å². The van der Waals surface area contributed by atoms with Gasteiger partial charge in [0.1, 0.15) is 0 Å². The average molecular weight is 474 g/mol. The van der Waals surface area contributed by atoms with Gasteiger partial charge in [-0.3, -0.25) is 9.69 Å². The van der Waals surface area contributed by atoms with Gasteiger partial charge < -0.3 is 15.0 Å². The van der Waals surface area contributed by atoms with Crippen molar-refractivity contribution >= 4 is 39.6 Å². The number of aliphatic hydroxyl groups excluding tert-OH is 1. The second kappa shape index (κ2) is 9.20. The molecule has 1 aliphatic heterocycles. The summed E-state index contributed by atoms with van der Waals surface area (Å²) < 4.78 is 39.7. The van der Waals surface area contributed by atoms with Crippen LogP contribution in [0.15, 0.2) is 47.3 Å². The van der Waals surface area contributed by atoms with Crippen LogP contribution >= 0.6 is 23.7 Å². The number of aromatic amines is 1. The van der Waals surface area contributed by atoms with Crippen LogP contribution in [0.1, 0.15) is 24.2 Å². The van der Waals surface area contributed by atoms with E-state index in [4.69, 9.17) is 0 Å². The highest BCUT2D eigenvalue weighted by molar-refractivity contribution is 7.16. The number of fused-ring (bicyclic) bond motifs is 1. The van der Waals surface area contributed by atoms with Crippen LogP contribution in [-0.2, 0) is 6.18 Å². The number of aromatic nitrogens is 1. The maximum absolute atomic E-state index is 13.0. The van der Waals surface area contributed by atoms with Crippen molar-refractivity contribution in [3.05, 3.63) is 63.3 Å². The molecule has 2 unspecified atom stereocenters. The van der Waals surface area contributed by atoms with Gasteiger partial charge in [-0.1, -0.05) is 23.5 Å². The zero-order valence-electron chi connectivity index (χ0n) is 16.7. The van der Waals surface area contributed by atoms with Crippen molar-refractivity contribution in [2.75, 3.05) is 31.1 Å². The summed E-state index contributed by atoms with van der Waals surface area (Å²) in [6, 6.07) is 10.7. The molecule has 4 rings (SSSR count). The largest absolute Gasteiger partial charge is 0.416 e. The summed E-state index contributed by atoms with van der Waals surface area (Å²) in [5, 5.41) is 10.9. The lowest BCUT2D eigenvalue weighted by molar-refractivity contribution is -0.137. The Morgan fingerprint density at radius 2 is 1.81 bits per heavy atom. The maximum atomic E-state index is 13.0. The van der Waals surface area contributed by atoms with Crippen molar-refractivity contribution in [1.82, 2.24) is 9.88 Å². The predicted molar refractivity (Wildman–Crippen MR) is 119 cm³/mol. The van der Waals surface area contributed by atoms with Gasteiger partial charge in [-0.15, -0.1) is 12.4 Å². The van der Waals surface area contributed by atoms with Crippen molar-refractivity contribution in [1.29, 1.82) is 0 Å². The van der Waals surface area contributed by atoms with Gasteiger partial charge in [-0.2, -0.15) is 13.2 Å². The Kier molecular flexibility index (Phi) is 7.00. The fourth-order valence-corrected chi connectivity index (χ4v) is 4.68. The molecule has 10 heteroatoms. The molecule has 5 nitrogen and oxygen atoms in total. The zero-order valence-corrected chi connectivity index (χ0v) is 18.4. The van der Waals surface area contributed by atoms with E-state index in [0.717, 1.165) is 33.2 Å².